The molecule has 118 valence electrons. The van der Waals surface area contributed by atoms with Gasteiger partial charge in [-0.3, -0.25) is 4.79 Å². The van der Waals surface area contributed by atoms with E-state index in [4.69, 9.17) is 4.74 Å². The quantitative estimate of drug-likeness (QED) is 0.731. The summed E-state index contributed by atoms with van der Waals surface area (Å²) in [7, 11) is 0. The lowest BCUT2D eigenvalue weighted by Crippen LogP contribution is -2.50. The minimum atomic E-state index is -0.395. The summed E-state index contributed by atoms with van der Waals surface area (Å²) >= 11 is 0. The van der Waals surface area contributed by atoms with E-state index in [1.165, 1.54) is 12.0 Å². The molecule has 0 aromatic rings. The van der Waals surface area contributed by atoms with Crippen LogP contribution in [0.3, 0.4) is 0 Å². The Morgan fingerprint density at radius 2 is 2.24 bits per heavy atom. The van der Waals surface area contributed by atoms with Gasteiger partial charge >= 0.3 is 0 Å². The number of nitrogens with zero attached hydrogens (tertiary/aromatic N) is 1. The minimum Gasteiger partial charge on any atom is -0.354 e. The fourth-order valence-corrected chi connectivity index (χ4v) is 3.60. The summed E-state index contributed by atoms with van der Waals surface area (Å²) in [5.74, 6) is 0.560. The van der Waals surface area contributed by atoms with Crippen LogP contribution in [0, 0.1) is 5.92 Å². The number of hydrogen-bond acceptors (Lipinski definition) is 2. The molecular formula is C18H29NO2. The molecule has 1 aliphatic carbocycles. The zero-order valence-electron chi connectivity index (χ0n) is 13.9. The summed E-state index contributed by atoms with van der Waals surface area (Å²) in [5, 5.41) is 0. The number of allylic oxidation sites excluding steroid dienone is 4. The van der Waals surface area contributed by atoms with E-state index in [1.54, 1.807) is 12.5 Å². The normalized spacial score (nSPS) is 29.2. The van der Waals surface area contributed by atoms with Crippen LogP contribution in [0.15, 0.2) is 23.3 Å². The maximum Gasteiger partial charge on any atom is 0.221 e. The first-order chi connectivity index (χ1) is 9.93. The third-order valence-corrected chi connectivity index (χ3v) is 4.91. The molecule has 2 aliphatic rings. The largest absolute Gasteiger partial charge is 0.354 e. The highest BCUT2D eigenvalue weighted by atomic mass is 16.5. The van der Waals surface area contributed by atoms with Crippen molar-refractivity contribution in [2.45, 2.75) is 65.5 Å². The lowest BCUT2D eigenvalue weighted by molar-refractivity contribution is -0.154. The van der Waals surface area contributed by atoms with Crippen LogP contribution in [0.5, 0.6) is 0 Å². The van der Waals surface area contributed by atoms with E-state index >= 15 is 0 Å². The summed E-state index contributed by atoms with van der Waals surface area (Å²) < 4.78 is 5.97. The van der Waals surface area contributed by atoms with Gasteiger partial charge in [-0.25, -0.2) is 0 Å². The van der Waals surface area contributed by atoms with Crippen LogP contribution in [-0.4, -0.2) is 29.7 Å². The molecule has 1 aliphatic heterocycles. The van der Waals surface area contributed by atoms with Crippen LogP contribution < -0.4 is 0 Å². The van der Waals surface area contributed by atoms with Crippen LogP contribution in [0.4, 0.5) is 0 Å². The molecule has 3 heteroatoms. The summed E-state index contributed by atoms with van der Waals surface area (Å²) in [6.07, 6.45) is 10.3. The van der Waals surface area contributed by atoms with E-state index in [1.807, 2.05) is 4.90 Å². The Bertz CT molecular complexity index is 448. The Morgan fingerprint density at radius 1 is 1.48 bits per heavy atom. The molecule has 0 aromatic carbocycles. The van der Waals surface area contributed by atoms with Crippen molar-refractivity contribution in [1.29, 1.82) is 0 Å². The highest BCUT2D eigenvalue weighted by Gasteiger charge is 2.45. The van der Waals surface area contributed by atoms with E-state index in [9.17, 15) is 4.79 Å². The molecule has 0 saturated carbocycles. The number of ether oxygens (including phenoxy) is 1. The lowest BCUT2D eigenvalue weighted by Gasteiger charge is -2.41. The van der Waals surface area contributed by atoms with Crippen molar-refractivity contribution in [3.63, 3.8) is 0 Å². The second-order valence-electron chi connectivity index (χ2n) is 6.73. The molecular weight excluding hydrogens is 262 g/mol. The van der Waals surface area contributed by atoms with Crippen LogP contribution in [-0.2, 0) is 9.53 Å². The monoisotopic (exact) mass is 291 g/mol. The molecule has 0 radical (unpaired) electrons. The van der Waals surface area contributed by atoms with Crippen LogP contribution >= 0.6 is 0 Å². The van der Waals surface area contributed by atoms with Gasteiger partial charge in [-0.2, -0.15) is 0 Å². The maximum absolute atomic E-state index is 11.8. The van der Waals surface area contributed by atoms with Crippen LogP contribution in [0.1, 0.15) is 59.8 Å². The number of amides is 1. The average molecular weight is 291 g/mol. The Morgan fingerprint density at radius 3 is 2.81 bits per heavy atom. The first kappa shape index (κ1) is 16.3. The number of rotatable bonds is 4. The molecule has 0 spiro atoms. The van der Waals surface area contributed by atoms with Crippen molar-refractivity contribution in [2.24, 2.45) is 5.92 Å². The first-order valence-corrected chi connectivity index (χ1v) is 8.17. The summed E-state index contributed by atoms with van der Waals surface area (Å²) in [5.41, 5.74) is 2.57. The molecule has 0 N–H and O–H groups in total. The van der Waals surface area contributed by atoms with Crippen molar-refractivity contribution in [1.82, 2.24) is 4.90 Å². The summed E-state index contributed by atoms with van der Waals surface area (Å²) in [6, 6.07) is 0. The number of hydrogen-bond donors (Lipinski definition) is 0. The molecule has 21 heavy (non-hydrogen) atoms. The van der Waals surface area contributed by atoms with E-state index in [2.05, 4.69) is 32.9 Å². The van der Waals surface area contributed by atoms with Gasteiger partial charge in [0.1, 0.15) is 5.72 Å². The predicted octanol–water partition coefficient (Wildman–Crippen LogP) is 4.05. The Balaban J connectivity index is 1.95. The van der Waals surface area contributed by atoms with Gasteiger partial charge in [-0.05, 0) is 52.9 Å². The molecule has 1 amide bonds. The Hall–Kier alpha value is -1.09. The highest BCUT2D eigenvalue weighted by Crippen LogP contribution is 2.40. The molecule has 0 aromatic heterocycles. The number of carbonyl (C=O) groups is 1. The van der Waals surface area contributed by atoms with Gasteiger partial charge in [-0.15, -0.1) is 0 Å². The third kappa shape index (κ3) is 3.76. The van der Waals surface area contributed by atoms with Gasteiger partial charge < -0.3 is 9.64 Å². The van der Waals surface area contributed by atoms with E-state index in [0.717, 1.165) is 32.2 Å². The summed E-state index contributed by atoms with van der Waals surface area (Å²) in [4.78, 5) is 13.7. The first-order valence-electron chi connectivity index (χ1n) is 8.17. The number of carbonyl (C=O) groups excluding carboxylic acids is 1. The van der Waals surface area contributed by atoms with Gasteiger partial charge in [-0.1, -0.05) is 23.3 Å². The average Bonchev–Trinajstić information content (AvgIpc) is 2.82. The molecule has 1 fully saturated rings. The van der Waals surface area contributed by atoms with Crippen LogP contribution in [0.25, 0.3) is 0 Å². The second kappa shape index (κ2) is 6.78. The Labute approximate surface area is 129 Å². The topological polar surface area (TPSA) is 29.5 Å². The van der Waals surface area contributed by atoms with Crippen molar-refractivity contribution < 1.29 is 9.53 Å². The van der Waals surface area contributed by atoms with E-state index in [-0.39, 0.29) is 5.91 Å². The van der Waals surface area contributed by atoms with E-state index in [0.29, 0.717) is 12.5 Å². The second-order valence-corrected chi connectivity index (χ2v) is 6.73. The van der Waals surface area contributed by atoms with Gasteiger partial charge in [0.25, 0.3) is 0 Å². The van der Waals surface area contributed by atoms with Gasteiger partial charge in [0.2, 0.25) is 5.91 Å². The smallest absolute Gasteiger partial charge is 0.221 e. The van der Waals surface area contributed by atoms with Crippen molar-refractivity contribution >= 4 is 5.91 Å². The predicted molar refractivity (Wildman–Crippen MR) is 85.8 cm³/mol. The minimum absolute atomic E-state index is 0.133. The van der Waals surface area contributed by atoms with Crippen LogP contribution in [0.2, 0.25) is 0 Å². The fourth-order valence-electron chi connectivity index (χ4n) is 3.60. The molecule has 1 heterocycles. The third-order valence-electron chi connectivity index (χ3n) is 4.91. The molecule has 0 bridgehead atoms. The molecule has 2 rings (SSSR count). The molecule has 1 saturated heterocycles. The molecule has 2 atom stereocenters. The summed E-state index contributed by atoms with van der Waals surface area (Å²) in [6.45, 7) is 9.45. The highest BCUT2D eigenvalue weighted by molar-refractivity contribution is 5.74. The van der Waals surface area contributed by atoms with Gasteiger partial charge in [0, 0.05) is 19.4 Å². The van der Waals surface area contributed by atoms with Gasteiger partial charge in [0.05, 0.1) is 6.61 Å². The molecule has 0 unspecified atom stereocenters. The zero-order valence-corrected chi connectivity index (χ0v) is 13.9. The van der Waals surface area contributed by atoms with Crippen molar-refractivity contribution in [3.05, 3.63) is 23.3 Å². The lowest BCUT2D eigenvalue weighted by atomic mass is 9.81. The van der Waals surface area contributed by atoms with Crippen molar-refractivity contribution in [3.8, 4) is 0 Å². The standard InChI is InChI=1S/C18H29NO2/c1-14(2)6-5-7-16-8-10-17(11-9-16)18(4)19(15(3)20)12-13-21-18/h6,8,17H,5,7,9-13H2,1-4H3/t17-,18+/m1/s1. The zero-order chi connectivity index (χ0) is 15.5. The SMILES string of the molecule is CC(=O)N1CCO[C@@]1(C)[C@@H]1CC=C(CCC=C(C)C)CC1. The van der Waals surface area contributed by atoms with Crippen molar-refractivity contribution in [2.75, 3.05) is 13.2 Å². The maximum atomic E-state index is 11.8. The fraction of sp³-hybridized carbons (Fsp3) is 0.722. The van der Waals surface area contributed by atoms with Gasteiger partial charge in [0.15, 0.2) is 0 Å². The van der Waals surface area contributed by atoms with E-state index < -0.39 is 5.72 Å². The Kier molecular flexibility index (Phi) is 5.26. The molecule has 3 nitrogen and oxygen atoms in total.